The van der Waals surface area contributed by atoms with E-state index in [1.165, 1.54) is 6.07 Å². The zero-order valence-corrected chi connectivity index (χ0v) is 27.1. The Morgan fingerprint density at radius 1 is 1.04 bits per heavy atom. The van der Waals surface area contributed by atoms with Crippen molar-refractivity contribution in [2.45, 2.75) is 6.42 Å². The summed E-state index contributed by atoms with van der Waals surface area (Å²) in [7, 11) is -3.11. The molecular weight excluding hydrogens is 870 g/mol. The van der Waals surface area contributed by atoms with Crippen LogP contribution in [-0.4, -0.2) is 55.0 Å². The van der Waals surface area contributed by atoms with E-state index in [-0.39, 0.29) is 24.3 Å². The maximum atomic E-state index is 11.8. The second kappa shape index (κ2) is 8.13. The zero-order valence-electron chi connectivity index (χ0n) is 13.1. The summed E-state index contributed by atoms with van der Waals surface area (Å²) in [6, 6.07) is 3.21. The second-order valence-electron chi connectivity index (χ2n) is 4.61. The van der Waals surface area contributed by atoms with Crippen LogP contribution in [0.5, 0.6) is 0 Å². The monoisotopic (exact) mass is 885 g/mol. The van der Waals surface area contributed by atoms with Crippen molar-refractivity contribution in [3.05, 3.63) is 34.9 Å². The maximum Gasteiger partial charge on any atom is 0.336 e. The largest absolute Gasteiger partial charge is 0.478 e. The number of hydrogen-bond acceptors (Lipinski definition) is 5. The van der Waals surface area contributed by atoms with Crippen LogP contribution in [0.25, 0.3) is 0 Å². The van der Waals surface area contributed by atoms with Crippen LogP contribution in [0.2, 0.25) is 0 Å². The Balaban J connectivity index is 0. The molecule has 0 saturated heterocycles. The van der Waals surface area contributed by atoms with Gasteiger partial charge in [-0.25, -0.2) is 18.0 Å². The minimum atomic E-state index is -3.11. The molecule has 0 saturated carbocycles. The number of benzene rings is 1. The molecule has 0 radical (unpaired) electrons. The number of aromatic carboxylic acids is 2. The summed E-state index contributed by atoms with van der Waals surface area (Å²) in [5.41, 5.74) is -0.917. The van der Waals surface area contributed by atoms with E-state index in [0.29, 0.717) is 0 Å². The van der Waals surface area contributed by atoms with Crippen LogP contribution in [0.4, 0.5) is 0 Å². The molecule has 124 valence electrons. The zero-order chi connectivity index (χ0) is 16.9. The predicted molar refractivity (Wildman–Crippen MR) is 77.0 cm³/mol. The molecule has 0 aliphatic heterocycles. The summed E-state index contributed by atoms with van der Waals surface area (Å²) in [5.74, 6) is -3.54. The Hall–Kier alpha value is -4.42. The number of carboxylic acids is 2. The topological polar surface area (TPSA) is 138 Å². The van der Waals surface area contributed by atoms with Crippen LogP contribution < -0.4 is 5.32 Å². The summed E-state index contributed by atoms with van der Waals surface area (Å²) in [6.07, 6.45) is 1.31. The minimum Gasteiger partial charge on any atom is -0.478 e. The van der Waals surface area contributed by atoms with Crippen molar-refractivity contribution in [1.82, 2.24) is 5.32 Å². The molecule has 1 aromatic rings. The summed E-state index contributed by atoms with van der Waals surface area (Å²) in [4.78, 5) is 33.7. The van der Waals surface area contributed by atoms with Gasteiger partial charge in [0.05, 0.1) is 16.9 Å². The number of carbonyl (C=O) groups excluding carboxylic acids is 1. The maximum absolute atomic E-state index is 11.8. The quantitative estimate of drug-likeness (QED) is 0.335. The molecule has 1 aromatic carbocycles. The average molecular weight is 885 g/mol. The summed E-state index contributed by atoms with van der Waals surface area (Å²) >= 11 is 0. The van der Waals surface area contributed by atoms with Gasteiger partial charge in [-0.2, -0.15) is 0 Å². The SMILES string of the molecule is CS(=O)(=O)CCCNC(=O)c1ccc(C(=O)O)c(C(=O)O)c1.[Mt].[Mt]. The Labute approximate surface area is 126 Å². The van der Waals surface area contributed by atoms with Crippen molar-refractivity contribution < 1.29 is 33.0 Å². The normalized spacial score (nSPS) is 10.0. The standard InChI is InChI=1S/C13H15NO7S.2Mt/c1-22(20,21)6-2-5-14-11(15)8-3-4-9(12(16)17)10(7-8)13(18)19;;/h3-4,7H,2,5-6H2,1H3,(H,14,15)(H,16,17)(H,18,19);;. The van der Waals surface area contributed by atoms with Crippen LogP contribution in [0, 0.1) is 0 Å². The molecule has 0 aliphatic rings. The van der Waals surface area contributed by atoms with Crippen LogP contribution >= 0.6 is 0 Å². The molecule has 0 unspecified atom stereocenters. The third-order valence-corrected chi connectivity index (χ3v) is 3.75. The molecule has 1 rings (SSSR count). The van der Waals surface area contributed by atoms with Crippen LogP contribution in [0.1, 0.15) is 37.5 Å². The first kappa shape index (κ1) is 21.9. The molecule has 1 amide bonds. The first-order valence-corrected chi connectivity index (χ1v) is 8.24. The van der Waals surface area contributed by atoms with Crippen molar-refractivity contribution in [2.24, 2.45) is 0 Å². The molecular formula is C13H15Mt2NO7S. The molecule has 3 N–H and O–H groups in total. The fourth-order valence-electron chi connectivity index (χ4n) is 1.69. The van der Waals surface area contributed by atoms with Gasteiger partial charge in [0.2, 0.25) is 0 Å². The van der Waals surface area contributed by atoms with E-state index >= 15 is 0 Å². The van der Waals surface area contributed by atoms with Crippen molar-refractivity contribution >= 4 is 27.7 Å². The van der Waals surface area contributed by atoms with Crippen LogP contribution in [-0.2, 0) is 9.84 Å². The predicted octanol–water partition coefficient (Wildman–Crippen LogP) is 0.248. The first-order chi connectivity index (χ1) is 10.1. The van der Waals surface area contributed by atoms with E-state index < -0.39 is 38.8 Å². The molecule has 0 bridgehead atoms. The molecule has 0 spiro atoms. The van der Waals surface area contributed by atoms with Gasteiger partial charge in [0.15, 0.2) is 0 Å². The Morgan fingerprint density at radius 2 is 1.58 bits per heavy atom. The van der Waals surface area contributed by atoms with Gasteiger partial charge in [0, 0.05) is 18.4 Å². The molecule has 0 heterocycles. The number of nitrogens with one attached hydrogen (secondary N) is 1. The van der Waals surface area contributed by atoms with Crippen molar-refractivity contribution in [2.75, 3.05) is 18.6 Å². The minimum absolute atomic E-state index is 0. The fraction of sp³-hybridized carbons (Fsp3) is 0.308. The van der Waals surface area contributed by atoms with E-state index in [4.69, 9.17) is 10.2 Å². The van der Waals surface area contributed by atoms with Gasteiger partial charge in [0.25, 0.3) is 5.91 Å². The Bertz CT molecular complexity index is 719. The van der Waals surface area contributed by atoms with Crippen LogP contribution in [0.3, 0.4) is 0 Å². The smallest absolute Gasteiger partial charge is 0.336 e. The summed E-state index contributed by atoms with van der Waals surface area (Å²) in [6.45, 7) is 0.106. The molecule has 11 heteroatoms. The summed E-state index contributed by atoms with van der Waals surface area (Å²) < 4.78 is 21.9. The van der Waals surface area contributed by atoms with Gasteiger partial charge >= 0.3 is 11.9 Å². The number of carbonyl (C=O) groups is 3. The summed E-state index contributed by atoms with van der Waals surface area (Å²) in [5, 5.41) is 20.3. The average Bonchev–Trinajstić information content (AvgIpc) is 2.41. The third-order valence-electron chi connectivity index (χ3n) is 2.72. The van der Waals surface area contributed by atoms with Gasteiger partial charge in [-0.3, -0.25) is 4.79 Å². The number of sulfone groups is 1. The van der Waals surface area contributed by atoms with Crippen molar-refractivity contribution in [3.63, 3.8) is 0 Å². The van der Waals surface area contributed by atoms with Gasteiger partial charge < -0.3 is 15.5 Å². The van der Waals surface area contributed by atoms with E-state index in [2.05, 4.69) is 5.32 Å². The second-order valence-corrected chi connectivity index (χ2v) is 6.87. The van der Waals surface area contributed by atoms with E-state index in [9.17, 15) is 22.8 Å². The molecule has 8 nitrogen and oxygen atoms in total. The number of amides is 1. The van der Waals surface area contributed by atoms with Gasteiger partial charge in [0.1, 0.15) is 9.84 Å². The third kappa shape index (κ3) is 5.92. The molecule has 0 aromatic heterocycles. The Kier molecular flexibility index (Phi) is 7.41. The van der Waals surface area contributed by atoms with E-state index in [1.807, 2.05) is 0 Å². The Morgan fingerprint density at radius 3 is 2.04 bits per heavy atom. The van der Waals surface area contributed by atoms with E-state index in [0.717, 1.165) is 18.4 Å². The fourth-order valence-corrected chi connectivity index (χ4v) is 2.36. The van der Waals surface area contributed by atoms with Crippen molar-refractivity contribution in [1.29, 1.82) is 0 Å². The molecule has 24 heavy (non-hydrogen) atoms. The van der Waals surface area contributed by atoms with E-state index in [1.54, 1.807) is 0 Å². The van der Waals surface area contributed by atoms with Gasteiger partial charge in [-0.05, 0) is 24.6 Å². The molecule has 0 aliphatic carbocycles. The number of hydrogen-bond donors (Lipinski definition) is 3. The van der Waals surface area contributed by atoms with Crippen molar-refractivity contribution in [3.8, 4) is 0 Å². The number of rotatable bonds is 7. The van der Waals surface area contributed by atoms with Gasteiger partial charge in [-0.15, -0.1) is 0 Å². The molecule has 0 atom stereocenters. The van der Waals surface area contributed by atoms with Crippen LogP contribution in [0.15, 0.2) is 18.2 Å². The first-order valence-electron chi connectivity index (χ1n) is 6.18. The number of carboxylic acid groups (broad SMARTS) is 2. The molecule has 0 fully saturated rings. The van der Waals surface area contributed by atoms with Gasteiger partial charge in [-0.1, -0.05) is 0 Å².